The van der Waals surface area contributed by atoms with E-state index < -0.39 is 23.9 Å². The molecule has 0 amide bonds. The van der Waals surface area contributed by atoms with Gasteiger partial charge in [-0.25, -0.2) is 0 Å². The van der Waals surface area contributed by atoms with Gasteiger partial charge in [-0.3, -0.25) is 14.4 Å². The lowest BCUT2D eigenvalue weighted by molar-refractivity contribution is -0.139. The number of carboxylic acids is 3. The van der Waals surface area contributed by atoms with E-state index in [-0.39, 0.29) is 13.1 Å². The molecule has 0 aliphatic heterocycles. The average Bonchev–Trinajstić information content (AvgIpc) is 2.76. The lowest BCUT2D eigenvalue weighted by Crippen LogP contribution is -2.31. The summed E-state index contributed by atoms with van der Waals surface area (Å²) in [6.07, 6.45) is 0.551. The Hall–Kier alpha value is -3.47. The molecule has 1 atom stereocenters. The van der Waals surface area contributed by atoms with Gasteiger partial charge in [0.25, 0.3) is 0 Å². The Balaban J connectivity index is 0. The molecule has 2 rings (SSSR count). The molecule has 0 saturated heterocycles. The quantitative estimate of drug-likeness (QED) is 0.326. The van der Waals surface area contributed by atoms with Gasteiger partial charge in [0.2, 0.25) is 0 Å². The Labute approximate surface area is 188 Å². The van der Waals surface area contributed by atoms with Gasteiger partial charge < -0.3 is 37.8 Å². The molecule has 0 aromatic heterocycles. The highest BCUT2D eigenvalue weighted by Crippen LogP contribution is 2.14. The van der Waals surface area contributed by atoms with E-state index in [1.807, 2.05) is 74.5 Å². The molecule has 0 aliphatic rings. The fourth-order valence-corrected chi connectivity index (χ4v) is 1.82. The summed E-state index contributed by atoms with van der Waals surface area (Å²) in [5, 5.41) is 26.8. The second-order valence-corrected chi connectivity index (χ2v) is 6.63. The summed E-state index contributed by atoms with van der Waals surface area (Å²) in [7, 11) is 0. The van der Waals surface area contributed by atoms with Crippen LogP contribution in [0, 0.1) is 5.92 Å². The van der Waals surface area contributed by atoms with Gasteiger partial charge in [0.05, 0.1) is 13.1 Å². The van der Waals surface area contributed by atoms with E-state index in [2.05, 4.69) is 16.8 Å². The van der Waals surface area contributed by atoms with Crippen LogP contribution in [0.2, 0.25) is 0 Å². The van der Waals surface area contributed by atoms with Gasteiger partial charge in [-0.15, -0.1) is 0 Å². The average molecular weight is 451 g/mol. The fourth-order valence-electron chi connectivity index (χ4n) is 1.82. The number of nitrogens with two attached hydrogens (primary N) is 3. The number of anilines is 2. The third kappa shape index (κ3) is 21.2. The van der Waals surface area contributed by atoms with Gasteiger partial charge in [0, 0.05) is 11.4 Å². The van der Waals surface area contributed by atoms with Crippen LogP contribution in [-0.4, -0.2) is 52.4 Å². The van der Waals surface area contributed by atoms with E-state index in [4.69, 9.17) is 21.1 Å². The molecular formula is C22H34N4O6. The number of carboxylic acid groups (broad SMARTS) is 3. The topological polar surface area (TPSA) is 202 Å². The predicted octanol–water partition coefficient (Wildman–Crippen LogP) is 1.93. The third-order valence-electron chi connectivity index (χ3n) is 3.23. The molecule has 0 heterocycles. The molecule has 2 aromatic rings. The normalized spacial score (nSPS) is 10.1. The van der Waals surface area contributed by atoms with E-state index in [1.54, 1.807) is 0 Å². The van der Waals surface area contributed by atoms with Crippen LogP contribution in [0.3, 0.4) is 0 Å². The fraction of sp³-hybridized carbons (Fsp3) is 0.318. The van der Waals surface area contributed by atoms with Crippen molar-refractivity contribution in [2.75, 3.05) is 18.4 Å². The Morgan fingerprint density at radius 1 is 0.781 bits per heavy atom. The summed E-state index contributed by atoms with van der Waals surface area (Å²) in [5.41, 5.74) is 16.6. The molecule has 10 N–H and O–H groups in total. The van der Waals surface area contributed by atoms with Gasteiger partial charge in [-0.1, -0.05) is 50.2 Å². The Kier molecular flexibility index (Phi) is 18.7. The van der Waals surface area contributed by atoms with Crippen molar-refractivity contribution in [1.82, 2.24) is 0 Å². The zero-order valence-electron chi connectivity index (χ0n) is 18.3. The van der Waals surface area contributed by atoms with Crippen LogP contribution < -0.4 is 22.5 Å². The number of hydrogen-bond acceptors (Lipinski definition) is 7. The molecule has 178 valence electrons. The predicted molar refractivity (Wildman–Crippen MR) is 125 cm³/mol. The first-order valence-corrected chi connectivity index (χ1v) is 9.72. The summed E-state index contributed by atoms with van der Waals surface area (Å²) in [4.78, 5) is 28.6. The minimum Gasteiger partial charge on any atom is -0.480 e. The summed E-state index contributed by atoms with van der Waals surface area (Å²) in [5.74, 6) is -2.49. The van der Waals surface area contributed by atoms with Crippen LogP contribution in [0.15, 0.2) is 60.7 Å². The Bertz CT molecular complexity index is 706. The maximum absolute atomic E-state index is 10.1. The molecule has 0 radical (unpaired) electrons. The molecule has 0 spiro atoms. The maximum atomic E-state index is 10.1. The third-order valence-corrected chi connectivity index (χ3v) is 3.23. The van der Waals surface area contributed by atoms with Crippen molar-refractivity contribution in [1.29, 1.82) is 0 Å². The molecule has 2 aromatic carbocycles. The number of nitrogens with one attached hydrogen (secondary N) is 1. The van der Waals surface area contributed by atoms with Crippen molar-refractivity contribution in [2.45, 2.75) is 26.3 Å². The van der Waals surface area contributed by atoms with Gasteiger partial charge in [0.15, 0.2) is 0 Å². The van der Waals surface area contributed by atoms with Crippen molar-refractivity contribution < 1.29 is 29.7 Å². The van der Waals surface area contributed by atoms with Gasteiger partial charge in [-0.2, -0.15) is 0 Å². The van der Waals surface area contributed by atoms with Crippen LogP contribution >= 0.6 is 0 Å². The summed E-state index contributed by atoms with van der Waals surface area (Å²) in [6.45, 7) is 3.34. The van der Waals surface area contributed by atoms with Crippen molar-refractivity contribution in [2.24, 2.45) is 23.1 Å². The van der Waals surface area contributed by atoms with Gasteiger partial charge in [-0.05, 0) is 36.6 Å². The maximum Gasteiger partial charge on any atom is 0.320 e. The molecular weight excluding hydrogens is 416 g/mol. The van der Waals surface area contributed by atoms with Gasteiger partial charge >= 0.3 is 17.9 Å². The minimum absolute atomic E-state index is 0.278. The van der Waals surface area contributed by atoms with E-state index in [9.17, 15) is 14.4 Å². The van der Waals surface area contributed by atoms with E-state index in [0.29, 0.717) is 12.3 Å². The summed E-state index contributed by atoms with van der Waals surface area (Å²) < 4.78 is 0. The monoisotopic (exact) mass is 450 g/mol. The molecule has 0 bridgehead atoms. The van der Waals surface area contributed by atoms with Crippen LogP contribution in [0.1, 0.15) is 20.3 Å². The molecule has 32 heavy (non-hydrogen) atoms. The summed E-state index contributed by atoms with van der Waals surface area (Å²) >= 11 is 0. The first-order valence-electron chi connectivity index (χ1n) is 9.72. The van der Waals surface area contributed by atoms with Crippen LogP contribution in [0.4, 0.5) is 11.4 Å². The smallest absolute Gasteiger partial charge is 0.320 e. The summed E-state index contributed by atoms with van der Waals surface area (Å²) in [6, 6.07) is 19.6. The lowest BCUT2D eigenvalue weighted by atomic mass is 10.1. The first-order chi connectivity index (χ1) is 15.0. The highest BCUT2D eigenvalue weighted by atomic mass is 16.4. The highest BCUT2D eigenvalue weighted by molar-refractivity contribution is 5.73. The van der Waals surface area contributed by atoms with Crippen molar-refractivity contribution in [3.63, 3.8) is 0 Å². The Morgan fingerprint density at radius 3 is 1.28 bits per heavy atom. The lowest BCUT2D eigenvalue weighted by Gasteiger charge is -2.07. The number of benzene rings is 2. The van der Waals surface area contributed by atoms with E-state index in [0.717, 1.165) is 11.4 Å². The van der Waals surface area contributed by atoms with E-state index >= 15 is 0 Å². The molecule has 10 heteroatoms. The molecule has 10 nitrogen and oxygen atoms in total. The number of para-hydroxylation sites is 2. The number of aliphatic carboxylic acids is 3. The van der Waals surface area contributed by atoms with Gasteiger partial charge in [0.1, 0.15) is 6.04 Å². The number of rotatable bonds is 7. The SMILES string of the molecule is CC(C)C[C@H](N)C(=O)O.NCC(=O)O.NCC(=O)O.c1ccc(Nc2ccccc2)cc1. The Morgan fingerprint density at radius 2 is 1.09 bits per heavy atom. The second-order valence-electron chi connectivity index (χ2n) is 6.63. The van der Waals surface area contributed by atoms with Crippen LogP contribution in [0.25, 0.3) is 0 Å². The largest absolute Gasteiger partial charge is 0.480 e. The molecule has 0 unspecified atom stereocenters. The van der Waals surface area contributed by atoms with Crippen LogP contribution in [0.5, 0.6) is 0 Å². The zero-order valence-corrected chi connectivity index (χ0v) is 18.3. The van der Waals surface area contributed by atoms with E-state index in [1.165, 1.54) is 0 Å². The highest BCUT2D eigenvalue weighted by Gasteiger charge is 2.11. The molecule has 0 fully saturated rings. The standard InChI is InChI=1S/C12H11N.C6H13NO2.2C2H5NO2/c1-3-7-11(8-4-1)13-12-9-5-2-6-10-12;1-4(2)3-5(7)6(8)9;2*3-1-2(4)5/h1-10,13H;4-5H,3,7H2,1-2H3,(H,8,9);2*1,3H2,(H,4,5)/t;5-;;/m.0../s1. The van der Waals surface area contributed by atoms with Crippen LogP contribution in [-0.2, 0) is 14.4 Å². The number of hydrogen-bond donors (Lipinski definition) is 7. The van der Waals surface area contributed by atoms with Crippen molar-refractivity contribution in [3.8, 4) is 0 Å². The second kappa shape index (κ2) is 19.5. The molecule has 0 aliphatic carbocycles. The van der Waals surface area contributed by atoms with Crippen molar-refractivity contribution >= 4 is 29.3 Å². The first kappa shape index (κ1) is 30.7. The zero-order chi connectivity index (χ0) is 24.9. The van der Waals surface area contributed by atoms with Crippen molar-refractivity contribution in [3.05, 3.63) is 60.7 Å². The number of carbonyl (C=O) groups is 3. The molecule has 0 saturated carbocycles. The minimum atomic E-state index is -0.968.